The van der Waals surface area contributed by atoms with Gasteiger partial charge in [0.2, 0.25) is 5.91 Å². The summed E-state index contributed by atoms with van der Waals surface area (Å²) in [6, 6.07) is 2.00. The van der Waals surface area contributed by atoms with Crippen molar-refractivity contribution in [3.63, 3.8) is 0 Å². The van der Waals surface area contributed by atoms with Gasteiger partial charge in [-0.15, -0.1) is 11.3 Å². The van der Waals surface area contributed by atoms with Crippen molar-refractivity contribution in [2.75, 3.05) is 31.6 Å². The summed E-state index contributed by atoms with van der Waals surface area (Å²) in [6.07, 6.45) is 2.08. The Morgan fingerprint density at radius 1 is 1.32 bits per heavy atom. The molecule has 1 fully saturated rings. The summed E-state index contributed by atoms with van der Waals surface area (Å²) in [5, 5.41) is 7.38. The number of aryl methyl sites for hydroxylation is 1. The number of hydrogen-bond donors (Lipinski definition) is 1. The number of halogens is 3. The van der Waals surface area contributed by atoms with Crippen molar-refractivity contribution >= 4 is 22.4 Å². The van der Waals surface area contributed by atoms with E-state index in [1.54, 1.807) is 6.07 Å². The first-order valence-electron chi connectivity index (χ1n) is 11.8. The van der Waals surface area contributed by atoms with Crippen LogP contribution in [0.4, 0.5) is 18.3 Å². The average Bonchev–Trinajstić information content (AvgIpc) is 3.37. The number of alkyl halides is 3. The SMILES string of the molecule is Cc1cc(CC(=O)N[C@H]2CC[C@H](CCN3CCc4sc(N(C)CC(F)(F)F)nc4C3)CC2)on1. The Morgan fingerprint density at radius 3 is 2.76 bits per heavy atom. The van der Waals surface area contributed by atoms with Gasteiger partial charge in [0.05, 0.1) is 17.8 Å². The first-order chi connectivity index (χ1) is 16.1. The van der Waals surface area contributed by atoms with Gasteiger partial charge in [-0.1, -0.05) is 5.16 Å². The van der Waals surface area contributed by atoms with Gasteiger partial charge in [-0.2, -0.15) is 13.2 Å². The van der Waals surface area contributed by atoms with Crippen molar-refractivity contribution in [2.24, 2.45) is 5.92 Å². The molecule has 0 saturated heterocycles. The highest BCUT2D eigenvalue weighted by atomic mass is 32.1. The minimum Gasteiger partial charge on any atom is -0.361 e. The summed E-state index contributed by atoms with van der Waals surface area (Å²) in [6.45, 7) is 3.45. The molecule has 2 aromatic rings. The molecule has 1 N–H and O–H groups in total. The molecule has 1 aliphatic carbocycles. The maximum absolute atomic E-state index is 12.7. The van der Waals surface area contributed by atoms with Crippen LogP contribution in [0.5, 0.6) is 0 Å². The first-order valence-corrected chi connectivity index (χ1v) is 12.7. The van der Waals surface area contributed by atoms with E-state index in [1.165, 1.54) is 23.3 Å². The summed E-state index contributed by atoms with van der Waals surface area (Å²) in [5.74, 6) is 1.20. The maximum Gasteiger partial charge on any atom is 0.405 e. The zero-order valence-electron chi connectivity index (χ0n) is 19.7. The number of thiazole rings is 1. The van der Waals surface area contributed by atoms with Crippen molar-refractivity contribution in [3.8, 4) is 0 Å². The lowest BCUT2D eigenvalue weighted by Crippen LogP contribution is -2.39. The number of nitrogens with one attached hydrogen (secondary N) is 1. The number of nitrogens with zero attached hydrogens (tertiary/aromatic N) is 4. The Kier molecular flexibility index (Phi) is 7.81. The highest BCUT2D eigenvalue weighted by Gasteiger charge is 2.31. The zero-order chi connectivity index (χ0) is 24.3. The molecule has 0 spiro atoms. The van der Waals surface area contributed by atoms with Gasteiger partial charge in [0, 0.05) is 37.1 Å². The molecule has 0 aromatic carbocycles. The largest absolute Gasteiger partial charge is 0.405 e. The van der Waals surface area contributed by atoms with E-state index in [0.29, 0.717) is 23.4 Å². The molecule has 1 saturated carbocycles. The second-order valence-electron chi connectivity index (χ2n) is 9.55. The fourth-order valence-corrected chi connectivity index (χ4v) is 5.84. The lowest BCUT2D eigenvalue weighted by Gasteiger charge is -2.32. The van der Waals surface area contributed by atoms with Crippen LogP contribution < -0.4 is 10.2 Å². The zero-order valence-corrected chi connectivity index (χ0v) is 20.5. The highest BCUT2D eigenvalue weighted by Crippen LogP contribution is 2.32. The van der Waals surface area contributed by atoms with E-state index in [9.17, 15) is 18.0 Å². The second kappa shape index (κ2) is 10.6. The Morgan fingerprint density at radius 2 is 2.09 bits per heavy atom. The molecule has 1 aliphatic heterocycles. The van der Waals surface area contributed by atoms with E-state index in [2.05, 4.69) is 20.4 Å². The number of fused-ring (bicyclic) bond motifs is 1. The van der Waals surface area contributed by atoms with Gasteiger partial charge in [0.1, 0.15) is 12.3 Å². The molecule has 4 rings (SSSR count). The minimum absolute atomic E-state index is 0.0211. The minimum atomic E-state index is -4.23. The molecule has 1 amide bonds. The van der Waals surface area contributed by atoms with Gasteiger partial charge in [0.15, 0.2) is 5.13 Å². The van der Waals surface area contributed by atoms with Crippen molar-refractivity contribution < 1.29 is 22.5 Å². The fraction of sp³-hybridized carbons (Fsp3) is 0.696. The third-order valence-corrected chi connectivity index (χ3v) is 7.89. The summed E-state index contributed by atoms with van der Waals surface area (Å²) < 4.78 is 43.2. The Hall–Kier alpha value is -2.14. The third-order valence-electron chi connectivity index (χ3n) is 6.62. The summed E-state index contributed by atoms with van der Waals surface area (Å²) >= 11 is 1.38. The Bertz CT molecular complexity index is 968. The molecule has 3 heterocycles. The van der Waals surface area contributed by atoms with Crippen LogP contribution in [0, 0.1) is 12.8 Å². The number of carbonyl (C=O) groups excluding carboxylic acids is 1. The van der Waals surface area contributed by atoms with E-state index in [4.69, 9.17) is 4.52 Å². The molecule has 7 nitrogen and oxygen atoms in total. The van der Waals surface area contributed by atoms with Crippen molar-refractivity contribution in [2.45, 2.75) is 70.6 Å². The number of amides is 1. The van der Waals surface area contributed by atoms with Gasteiger partial charge in [0.25, 0.3) is 0 Å². The number of aromatic nitrogens is 2. The van der Waals surface area contributed by atoms with Crippen LogP contribution in [0.2, 0.25) is 0 Å². The van der Waals surface area contributed by atoms with E-state index in [1.807, 2.05) is 6.92 Å². The predicted molar refractivity (Wildman–Crippen MR) is 124 cm³/mol. The van der Waals surface area contributed by atoms with Gasteiger partial charge >= 0.3 is 6.18 Å². The number of hydrogen-bond acceptors (Lipinski definition) is 7. The Labute approximate surface area is 201 Å². The van der Waals surface area contributed by atoms with Crippen molar-refractivity contribution in [3.05, 3.63) is 28.1 Å². The molecule has 2 aromatic heterocycles. The van der Waals surface area contributed by atoms with E-state index in [0.717, 1.165) is 67.9 Å². The normalized spacial score (nSPS) is 21.3. The fourth-order valence-electron chi connectivity index (χ4n) is 4.83. The summed E-state index contributed by atoms with van der Waals surface area (Å²) in [4.78, 5) is 21.4. The maximum atomic E-state index is 12.7. The van der Waals surface area contributed by atoms with Crippen LogP contribution >= 0.6 is 11.3 Å². The lowest BCUT2D eigenvalue weighted by molar-refractivity contribution is -0.122. The molecule has 0 unspecified atom stereocenters. The molecule has 0 atom stereocenters. The molecular weight excluding hydrogens is 467 g/mol. The van der Waals surface area contributed by atoms with Gasteiger partial charge in [-0.3, -0.25) is 9.69 Å². The standard InChI is InChI=1S/C23H32F3N5O2S/c1-15-11-18(33-29-15)12-21(32)27-17-5-3-16(4-6-17)7-9-31-10-8-20-19(13-31)28-22(34-20)30(2)14-23(24,25)26/h11,16-17H,3-10,12-14H2,1-2H3,(H,27,32)/t16-,17-. The Balaban J connectivity index is 1.17. The molecule has 11 heteroatoms. The third kappa shape index (κ3) is 6.94. The molecule has 2 aliphatic rings. The molecule has 188 valence electrons. The topological polar surface area (TPSA) is 74.5 Å². The van der Waals surface area contributed by atoms with E-state index in [-0.39, 0.29) is 18.4 Å². The molecule has 0 bridgehead atoms. The summed E-state index contributed by atoms with van der Waals surface area (Å²) in [5.41, 5.74) is 1.70. The van der Waals surface area contributed by atoms with Crippen molar-refractivity contribution in [1.82, 2.24) is 20.4 Å². The lowest BCUT2D eigenvalue weighted by atomic mass is 9.84. The highest BCUT2D eigenvalue weighted by molar-refractivity contribution is 7.15. The molecule has 0 radical (unpaired) electrons. The van der Waals surface area contributed by atoms with Crippen LogP contribution in [0.3, 0.4) is 0 Å². The predicted octanol–water partition coefficient (Wildman–Crippen LogP) is 4.10. The van der Waals surface area contributed by atoms with Gasteiger partial charge in [-0.25, -0.2) is 4.98 Å². The van der Waals surface area contributed by atoms with Crippen LogP contribution in [0.15, 0.2) is 10.6 Å². The average molecular weight is 500 g/mol. The monoisotopic (exact) mass is 499 g/mol. The summed E-state index contributed by atoms with van der Waals surface area (Å²) in [7, 11) is 1.45. The van der Waals surface area contributed by atoms with Crippen LogP contribution in [-0.2, 0) is 24.2 Å². The van der Waals surface area contributed by atoms with Crippen LogP contribution in [0.1, 0.15) is 54.1 Å². The number of rotatable bonds is 8. The van der Waals surface area contributed by atoms with E-state index < -0.39 is 12.7 Å². The van der Waals surface area contributed by atoms with Gasteiger partial charge in [-0.05, 0) is 57.9 Å². The van der Waals surface area contributed by atoms with Crippen LogP contribution in [-0.4, -0.2) is 59.8 Å². The number of carbonyl (C=O) groups is 1. The van der Waals surface area contributed by atoms with Crippen LogP contribution in [0.25, 0.3) is 0 Å². The van der Waals surface area contributed by atoms with Crippen molar-refractivity contribution in [1.29, 1.82) is 0 Å². The molecular formula is C23H32F3N5O2S. The first kappa shape index (κ1) is 25.0. The smallest absolute Gasteiger partial charge is 0.361 e. The van der Waals surface area contributed by atoms with E-state index >= 15 is 0 Å². The molecule has 34 heavy (non-hydrogen) atoms. The second-order valence-corrected chi connectivity index (χ2v) is 10.6. The number of anilines is 1. The van der Waals surface area contributed by atoms with Gasteiger partial charge < -0.3 is 14.7 Å². The quantitative estimate of drug-likeness (QED) is 0.590.